The summed E-state index contributed by atoms with van der Waals surface area (Å²) in [4.78, 5) is 19.6. The van der Waals surface area contributed by atoms with Crippen molar-refractivity contribution in [3.63, 3.8) is 0 Å². The first-order valence-corrected chi connectivity index (χ1v) is 8.10. The highest BCUT2D eigenvalue weighted by Gasteiger charge is 2.31. The number of carbonyl (C=O) groups excluding carboxylic acids is 1. The van der Waals surface area contributed by atoms with Crippen LogP contribution >= 0.6 is 0 Å². The number of aromatic nitrogens is 4. The van der Waals surface area contributed by atoms with Crippen LogP contribution in [0.15, 0.2) is 61.2 Å². The lowest BCUT2D eigenvalue weighted by atomic mass is 10.0. The van der Waals surface area contributed by atoms with Gasteiger partial charge in [0.15, 0.2) is 5.69 Å². The van der Waals surface area contributed by atoms with Crippen molar-refractivity contribution >= 4 is 16.8 Å². The summed E-state index contributed by atoms with van der Waals surface area (Å²) in [6, 6.07) is 9.36. The maximum Gasteiger partial charge on any atom is 0.417 e. The number of nitrogens with zero attached hydrogens (tertiary/aromatic N) is 4. The fourth-order valence-electron chi connectivity index (χ4n) is 2.91. The lowest BCUT2D eigenvalue weighted by Crippen LogP contribution is -2.12. The SMILES string of the molecule is NC(=O)c1nn(-c2cccnc2)c2ccc(-c3cncc(C(F)(F)F)c3)cc12. The van der Waals surface area contributed by atoms with Gasteiger partial charge in [-0.25, -0.2) is 4.68 Å². The minimum atomic E-state index is -4.50. The van der Waals surface area contributed by atoms with Crippen molar-refractivity contribution in [3.8, 4) is 16.8 Å². The number of alkyl halides is 3. The average Bonchev–Trinajstić information content (AvgIpc) is 3.07. The van der Waals surface area contributed by atoms with Crippen molar-refractivity contribution in [2.75, 3.05) is 0 Å². The summed E-state index contributed by atoms with van der Waals surface area (Å²) in [7, 11) is 0. The molecule has 140 valence electrons. The lowest BCUT2D eigenvalue weighted by molar-refractivity contribution is -0.137. The number of pyridine rings is 2. The van der Waals surface area contributed by atoms with Gasteiger partial charge in [-0.2, -0.15) is 18.3 Å². The molecule has 0 saturated heterocycles. The van der Waals surface area contributed by atoms with E-state index < -0.39 is 17.6 Å². The molecule has 0 aliphatic rings. The molecule has 1 aromatic carbocycles. The Balaban J connectivity index is 1.90. The van der Waals surface area contributed by atoms with Crippen molar-refractivity contribution < 1.29 is 18.0 Å². The average molecular weight is 383 g/mol. The van der Waals surface area contributed by atoms with Crippen LogP contribution in [0.1, 0.15) is 16.1 Å². The summed E-state index contributed by atoms with van der Waals surface area (Å²) in [5.74, 6) is -0.744. The summed E-state index contributed by atoms with van der Waals surface area (Å²) in [6.07, 6.45) is 0.755. The first kappa shape index (κ1) is 17.7. The van der Waals surface area contributed by atoms with E-state index in [-0.39, 0.29) is 11.3 Å². The van der Waals surface area contributed by atoms with Crippen LogP contribution in [0.2, 0.25) is 0 Å². The van der Waals surface area contributed by atoms with Gasteiger partial charge in [0.1, 0.15) is 0 Å². The van der Waals surface area contributed by atoms with Gasteiger partial charge in [-0.15, -0.1) is 0 Å². The van der Waals surface area contributed by atoms with Crippen molar-refractivity contribution in [2.45, 2.75) is 6.18 Å². The highest BCUT2D eigenvalue weighted by atomic mass is 19.4. The second-order valence-electron chi connectivity index (χ2n) is 6.03. The topological polar surface area (TPSA) is 86.7 Å². The van der Waals surface area contributed by atoms with Crippen LogP contribution in [0, 0.1) is 0 Å². The molecule has 0 radical (unpaired) electrons. The van der Waals surface area contributed by atoms with E-state index in [1.807, 2.05) is 0 Å². The zero-order valence-corrected chi connectivity index (χ0v) is 14.2. The fourth-order valence-corrected chi connectivity index (χ4v) is 2.91. The summed E-state index contributed by atoms with van der Waals surface area (Å²) >= 11 is 0. The molecule has 6 nitrogen and oxygen atoms in total. The first-order valence-electron chi connectivity index (χ1n) is 8.10. The van der Waals surface area contributed by atoms with E-state index in [9.17, 15) is 18.0 Å². The molecule has 9 heteroatoms. The van der Waals surface area contributed by atoms with E-state index in [2.05, 4.69) is 15.1 Å². The first-order chi connectivity index (χ1) is 13.3. The molecule has 0 aliphatic carbocycles. The number of primary amides is 1. The Morgan fingerprint density at radius 2 is 1.82 bits per heavy atom. The molecule has 0 spiro atoms. The third-order valence-electron chi connectivity index (χ3n) is 4.20. The normalized spacial score (nSPS) is 11.7. The van der Waals surface area contributed by atoms with E-state index in [4.69, 9.17) is 5.73 Å². The van der Waals surface area contributed by atoms with Gasteiger partial charge >= 0.3 is 6.18 Å². The smallest absolute Gasteiger partial charge is 0.364 e. The molecule has 0 saturated carbocycles. The number of carbonyl (C=O) groups is 1. The number of hydrogen-bond acceptors (Lipinski definition) is 4. The molecule has 1 amide bonds. The third-order valence-corrected chi connectivity index (χ3v) is 4.20. The molecule has 3 aromatic heterocycles. The number of nitrogens with two attached hydrogens (primary N) is 1. The highest BCUT2D eigenvalue weighted by Crippen LogP contribution is 2.33. The molecule has 0 bridgehead atoms. The lowest BCUT2D eigenvalue weighted by Gasteiger charge is -2.08. The summed E-state index contributed by atoms with van der Waals surface area (Å²) in [5.41, 5.74) is 6.53. The van der Waals surface area contributed by atoms with E-state index >= 15 is 0 Å². The number of benzene rings is 1. The van der Waals surface area contributed by atoms with Crippen molar-refractivity contribution in [2.24, 2.45) is 5.73 Å². The van der Waals surface area contributed by atoms with Crippen LogP contribution in [0.3, 0.4) is 0 Å². The second-order valence-corrected chi connectivity index (χ2v) is 6.03. The van der Waals surface area contributed by atoms with Crippen LogP contribution in [0.5, 0.6) is 0 Å². The standard InChI is InChI=1S/C19H12F3N5O/c20-19(21,22)13-6-12(8-25-9-13)11-3-4-16-15(7-11)17(18(23)28)26-27(16)14-2-1-5-24-10-14/h1-10H,(H2,23,28). The number of amides is 1. The molecule has 4 rings (SSSR count). The summed E-state index contributed by atoms with van der Waals surface area (Å²) in [5, 5.41) is 4.68. The van der Waals surface area contributed by atoms with Gasteiger partial charge in [0, 0.05) is 29.5 Å². The molecule has 2 N–H and O–H groups in total. The molecule has 0 fully saturated rings. The number of fused-ring (bicyclic) bond motifs is 1. The molecule has 4 aromatic rings. The van der Waals surface area contributed by atoms with E-state index in [1.165, 1.54) is 10.9 Å². The van der Waals surface area contributed by atoms with Crippen LogP contribution in [0.25, 0.3) is 27.7 Å². The van der Waals surface area contributed by atoms with Crippen LogP contribution in [0.4, 0.5) is 13.2 Å². The van der Waals surface area contributed by atoms with Crippen LogP contribution in [-0.4, -0.2) is 25.7 Å². The maximum absolute atomic E-state index is 13.0. The third kappa shape index (κ3) is 3.07. The number of rotatable bonds is 3. The predicted octanol–water partition coefficient (Wildman–Crippen LogP) is 3.60. The summed E-state index contributed by atoms with van der Waals surface area (Å²) < 4.78 is 40.4. The molecule has 0 unspecified atom stereocenters. The van der Waals surface area contributed by atoms with Gasteiger partial charge in [-0.05, 0) is 35.9 Å². The zero-order chi connectivity index (χ0) is 19.9. The Hall–Kier alpha value is -3.75. The Morgan fingerprint density at radius 1 is 1.00 bits per heavy atom. The molecule has 0 aliphatic heterocycles. The zero-order valence-electron chi connectivity index (χ0n) is 14.2. The molecule has 28 heavy (non-hydrogen) atoms. The minimum absolute atomic E-state index is 0.0145. The fraction of sp³-hybridized carbons (Fsp3) is 0.0526. The van der Waals surface area contributed by atoms with Crippen molar-refractivity contribution in [1.82, 2.24) is 19.7 Å². The Bertz CT molecular complexity index is 1190. The predicted molar refractivity (Wildman–Crippen MR) is 95.6 cm³/mol. The summed E-state index contributed by atoms with van der Waals surface area (Å²) in [6.45, 7) is 0. The van der Waals surface area contributed by atoms with Gasteiger partial charge in [-0.3, -0.25) is 14.8 Å². The number of halogens is 3. The minimum Gasteiger partial charge on any atom is -0.364 e. The highest BCUT2D eigenvalue weighted by molar-refractivity contribution is 6.05. The van der Waals surface area contributed by atoms with Gasteiger partial charge < -0.3 is 5.73 Å². The van der Waals surface area contributed by atoms with Gasteiger partial charge in [0.05, 0.1) is 23.0 Å². The van der Waals surface area contributed by atoms with Crippen molar-refractivity contribution in [1.29, 1.82) is 0 Å². The quantitative estimate of drug-likeness (QED) is 0.586. The molecular weight excluding hydrogens is 371 g/mol. The van der Waals surface area contributed by atoms with Gasteiger partial charge in [0.25, 0.3) is 5.91 Å². The van der Waals surface area contributed by atoms with Crippen LogP contribution < -0.4 is 5.73 Å². The van der Waals surface area contributed by atoms with Gasteiger partial charge in [0.2, 0.25) is 0 Å². The van der Waals surface area contributed by atoms with Crippen LogP contribution in [-0.2, 0) is 6.18 Å². The Kier molecular flexibility index (Phi) is 4.07. The van der Waals surface area contributed by atoms with E-state index in [0.717, 1.165) is 12.3 Å². The monoisotopic (exact) mass is 383 g/mol. The molecular formula is C19H12F3N5O. The Morgan fingerprint density at radius 3 is 2.50 bits per heavy atom. The largest absolute Gasteiger partial charge is 0.417 e. The maximum atomic E-state index is 13.0. The van der Waals surface area contributed by atoms with E-state index in [1.54, 1.807) is 42.7 Å². The second kappa shape index (κ2) is 6.45. The van der Waals surface area contributed by atoms with Crippen molar-refractivity contribution in [3.05, 3.63) is 72.4 Å². The van der Waals surface area contributed by atoms with Gasteiger partial charge in [-0.1, -0.05) is 6.07 Å². The molecule has 3 heterocycles. The molecule has 0 atom stereocenters. The van der Waals surface area contributed by atoms with E-state index in [0.29, 0.717) is 22.2 Å². The Labute approximate surface area is 156 Å². The number of hydrogen-bond donors (Lipinski definition) is 1.